The number of hydrogen-bond acceptors (Lipinski definition) is 1. The highest BCUT2D eigenvalue weighted by Crippen LogP contribution is 2.48. The van der Waals surface area contributed by atoms with Gasteiger partial charge in [-0.2, -0.15) is 0 Å². The van der Waals surface area contributed by atoms with E-state index >= 15 is 4.39 Å². The Morgan fingerprint density at radius 3 is 2.48 bits per heavy atom. The molecule has 1 atom stereocenters. The van der Waals surface area contributed by atoms with Gasteiger partial charge in [-0.05, 0) is 72.7 Å². The van der Waals surface area contributed by atoms with Gasteiger partial charge in [0.1, 0.15) is 11.6 Å². The molecule has 3 aromatic rings. The second-order valence-electron chi connectivity index (χ2n) is 7.31. The van der Waals surface area contributed by atoms with Crippen LogP contribution in [0.15, 0.2) is 84.7 Å². The largest absolute Gasteiger partial charge is 0.454 e. The van der Waals surface area contributed by atoms with E-state index in [1.807, 2.05) is 36.4 Å². The molecule has 1 nitrogen and oxygen atoms in total. The molecule has 0 spiro atoms. The predicted molar refractivity (Wildman–Crippen MR) is 113 cm³/mol. The molecule has 0 aliphatic heterocycles. The summed E-state index contributed by atoms with van der Waals surface area (Å²) in [6.45, 7) is 0. The van der Waals surface area contributed by atoms with Crippen LogP contribution in [0.1, 0.15) is 29.9 Å². The van der Waals surface area contributed by atoms with E-state index in [1.54, 1.807) is 36.4 Å². The second kappa shape index (κ2) is 8.79. The molecule has 1 aliphatic rings. The fourth-order valence-corrected chi connectivity index (χ4v) is 3.75. The maximum Gasteiger partial charge on any atom is 0.165 e. The topological polar surface area (TPSA) is 9.23 Å². The van der Waals surface area contributed by atoms with Gasteiger partial charge in [-0.3, -0.25) is 0 Å². The van der Waals surface area contributed by atoms with Gasteiger partial charge in [-0.15, -0.1) is 0 Å². The Kier molecular flexibility index (Phi) is 5.96. The number of allylic oxidation sites excluding steroid dienone is 2. The first-order valence-corrected chi connectivity index (χ1v) is 10.1. The average Bonchev–Trinajstić information content (AvgIpc) is 3.56. The van der Waals surface area contributed by atoms with Gasteiger partial charge >= 0.3 is 0 Å². The van der Waals surface area contributed by atoms with Gasteiger partial charge in [0.2, 0.25) is 0 Å². The SMILES string of the molecule is FC(=CCc1ccc(F)c(Oc2ccccc2)c1)C(c1ccccc1Cl)C1CC1. The Labute approximate surface area is 174 Å². The van der Waals surface area contributed by atoms with Gasteiger partial charge in [0.15, 0.2) is 11.6 Å². The number of hydrogen-bond donors (Lipinski definition) is 0. The molecule has 1 saturated carbocycles. The molecule has 0 saturated heterocycles. The minimum absolute atomic E-state index is 0.132. The number of benzene rings is 3. The molecule has 3 aromatic carbocycles. The zero-order valence-corrected chi connectivity index (χ0v) is 16.6. The van der Waals surface area contributed by atoms with E-state index in [-0.39, 0.29) is 23.4 Å². The zero-order chi connectivity index (χ0) is 20.2. The van der Waals surface area contributed by atoms with Crippen molar-refractivity contribution in [3.8, 4) is 11.5 Å². The molecule has 0 aromatic heterocycles. The Bertz CT molecular complexity index is 1010. The van der Waals surface area contributed by atoms with Crippen molar-refractivity contribution in [2.45, 2.75) is 25.2 Å². The molecule has 4 heteroatoms. The van der Waals surface area contributed by atoms with Crippen molar-refractivity contribution >= 4 is 11.6 Å². The van der Waals surface area contributed by atoms with Gasteiger partial charge < -0.3 is 4.74 Å². The van der Waals surface area contributed by atoms with Crippen molar-refractivity contribution in [2.24, 2.45) is 5.92 Å². The number of ether oxygens (including phenoxy) is 1. The summed E-state index contributed by atoms with van der Waals surface area (Å²) in [7, 11) is 0. The molecule has 0 radical (unpaired) electrons. The molecular formula is C25H21ClF2O. The lowest BCUT2D eigenvalue weighted by molar-refractivity contribution is 0.441. The first-order valence-electron chi connectivity index (χ1n) is 9.73. The van der Waals surface area contributed by atoms with E-state index in [4.69, 9.17) is 16.3 Å². The molecule has 1 unspecified atom stereocenters. The molecule has 0 N–H and O–H groups in total. The highest BCUT2D eigenvalue weighted by atomic mass is 35.5. The van der Waals surface area contributed by atoms with Crippen molar-refractivity contribution in [1.82, 2.24) is 0 Å². The maximum absolute atomic E-state index is 15.1. The average molecular weight is 411 g/mol. The quantitative estimate of drug-likeness (QED) is 0.385. The number of halogens is 3. The lowest BCUT2D eigenvalue weighted by Gasteiger charge is -2.16. The number of rotatable bonds is 7. The molecule has 0 heterocycles. The van der Waals surface area contributed by atoms with E-state index < -0.39 is 5.82 Å². The summed E-state index contributed by atoms with van der Waals surface area (Å²) in [6.07, 6.45) is 3.93. The monoisotopic (exact) mass is 410 g/mol. The third-order valence-electron chi connectivity index (χ3n) is 5.13. The van der Waals surface area contributed by atoms with Crippen LogP contribution in [0.5, 0.6) is 11.5 Å². The van der Waals surface area contributed by atoms with Crippen LogP contribution in [0.4, 0.5) is 8.78 Å². The van der Waals surface area contributed by atoms with Crippen molar-refractivity contribution < 1.29 is 13.5 Å². The summed E-state index contributed by atoms with van der Waals surface area (Å²) in [5.74, 6) is 0.0232. The van der Waals surface area contributed by atoms with Gasteiger partial charge in [0, 0.05) is 10.9 Å². The highest BCUT2D eigenvalue weighted by Gasteiger charge is 2.36. The highest BCUT2D eigenvalue weighted by molar-refractivity contribution is 6.31. The molecule has 1 aliphatic carbocycles. The Hall–Kier alpha value is -2.65. The number of para-hydroxylation sites is 1. The summed E-state index contributed by atoms with van der Waals surface area (Å²) < 4.78 is 34.9. The minimum Gasteiger partial charge on any atom is -0.454 e. The predicted octanol–water partition coefficient (Wildman–Crippen LogP) is 7.86. The van der Waals surface area contributed by atoms with Crippen molar-refractivity contribution in [2.75, 3.05) is 0 Å². The van der Waals surface area contributed by atoms with Crippen LogP contribution < -0.4 is 4.74 Å². The normalized spacial score (nSPS) is 15.2. The van der Waals surface area contributed by atoms with Crippen molar-refractivity contribution in [3.63, 3.8) is 0 Å². The molecule has 29 heavy (non-hydrogen) atoms. The van der Waals surface area contributed by atoms with Crippen molar-refractivity contribution in [1.29, 1.82) is 0 Å². The van der Waals surface area contributed by atoms with E-state index in [2.05, 4.69) is 0 Å². The van der Waals surface area contributed by atoms with E-state index in [9.17, 15) is 4.39 Å². The van der Waals surface area contributed by atoms with Crippen LogP contribution in [-0.4, -0.2) is 0 Å². The molecule has 4 rings (SSSR count). The maximum atomic E-state index is 15.1. The molecule has 148 valence electrons. The molecule has 1 fully saturated rings. The first-order chi connectivity index (χ1) is 14.1. The van der Waals surface area contributed by atoms with Crippen LogP contribution in [0.25, 0.3) is 0 Å². The van der Waals surface area contributed by atoms with Crippen LogP contribution >= 0.6 is 11.6 Å². The van der Waals surface area contributed by atoms with E-state index in [0.717, 1.165) is 24.0 Å². The van der Waals surface area contributed by atoms with Crippen LogP contribution in [0.3, 0.4) is 0 Å². The third kappa shape index (κ3) is 4.86. The second-order valence-corrected chi connectivity index (χ2v) is 7.72. The Balaban J connectivity index is 1.53. The minimum atomic E-state index is -0.450. The summed E-state index contributed by atoms with van der Waals surface area (Å²) >= 11 is 6.32. The third-order valence-corrected chi connectivity index (χ3v) is 5.47. The lowest BCUT2D eigenvalue weighted by atomic mass is 9.92. The van der Waals surface area contributed by atoms with E-state index in [1.165, 1.54) is 6.07 Å². The Morgan fingerprint density at radius 1 is 1.03 bits per heavy atom. The molecule has 0 amide bonds. The summed E-state index contributed by atoms with van der Waals surface area (Å²) in [4.78, 5) is 0. The fraction of sp³-hybridized carbons (Fsp3) is 0.200. The first kappa shape index (κ1) is 19.7. The van der Waals surface area contributed by atoms with E-state index in [0.29, 0.717) is 17.2 Å². The molecule has 0 bridgehead atoms. The molecular weight excluding hydrogens is 390 g/mol. The Morgan fingerprint density at radius 2 is 1.76 bits per heavy atom. The zero-order valence-electron chi connectivity index (χ0n) is 15.8. The van der Waals surface area contributed by atoms with Gasteiger partial charge in [0.25, 0.3) is 0 Å². The summed E-state index contributed by atoms with van der Waals surface area (Å²) in [5, 5.41) is 0.591. The van der Waals surface area contributed by atoms with Gasteiger partial charge in [0.05, 0.1) is 0 Å². The van der Waals surface area contributed by atoms with Crippen LogP contribution in [0, 0.1) is 11.7 Å². The lowest BCUT2D eigenvalue weighted by Crippen LogP contribution is -2.03. The van der Waals surface area contributed by atoms with Crippen LogP contribution in [-0.2, 0) is 6.42 Å². The summed E-state index contributed by atoms with van der Waals surface area (Å²) in [6, 6.07) is 21.1. The van der Waals surface area contributed by atoms with Gasteiger partial charge in [-0.1, -0.05) is 54.1 Å². The summed E-state index contributed by atoms with van der Waals surface area (Å²) in [5.41, 5.74) is 1.61. The standard InChI is InChI=1S/C25H21ClF2O/c26-21-9-5-4-8-20(21)25(18-12-13-18)23(28)15-11-17-10-14-22(27)24(16-17)29-19-6-2-1-3-7-19/h1-10,14-16,18,25H,11-13H2. The fourth-order valence-electron chi connectivity index (χ4n) is 3.50. The van der Waals surface area contributed by atoms with Gasteiger partial charge in [-0.25, -0.2) is 8.78 Å². The van der Waals surface area contributed by atoms with Crippen molar-refractivity contribution in [3.05, 3.63) is 107 Å². The smallest absolute Gasteiger partial charge is 0.165 e. The van der Waals surface area contributed by atoms with Crippen LogP contribution in [0.2, 0.25) is 5.02 Å².